The number of amides is 2. The third kappa shape index (κ3) is 4.98. The van der Waals surface area contributed by atoms with Gasteiger partial charge in [-0.15, -0.1) is 0 Å². The molecule has 0 radical (unpaired) electrons. The van der Waals surface area contributed by atoms with Crippen LogP contribution >= 0.6 is 0 Å². The lowest BCUT2D eigenvalue weighted by atomic mass is 10.2. The fourth-order valence-electron chi connectivity index (χ4n) is 2.83. The summed E-state index contributed by atoms with van der Waals surface area (Å²) in [4.78, 5) is 25.2. The van der Waals surface area contributed by atoms with E-state index in [9.17, 15) is 18.0 Å². The van der Waals surface area contributed by atoms with Crippen LogP contribution in [0.25, 0.3) is 0 Å². The summed E-state index contributed by atoms with van der Waals surface area (Å²) < 4.78 is 32.0. The molecule has 0 aromatic heterocycles. The van der Waals surface area contributed by atoms with Crippen LogP contribution in [0, 0.1) is 0 Å². The molecule has 150 valence electrons. The summed E-state index contributed by atoms with van der Waals surface area (Å²) >= 11 is 0. The van der Waals surface area contributed by atoms with Crippen molar-refractivity contribution in [2.45, 2.75) is 50.7 Å². The van der Waals surface area contributed by atoms with E-state index >= 15 is 0 Å². The van der Waals surface area contributed by atoms with Crippen LogP contribution in [0.5, 0.6) is 0 Å². The van der Waals surface area contributed by atoms with Crippen molar-refractivity contribution in [3.05, 3.63) is 23.8 Å². The molecule has 27 heavy (non-hydrogen) atoms. The molecule has 1 aromatic rings. The van der Waals surface area contributed by atoms with E-state index < -0.39 is 27.8 Å². The van der Waals surface area contributed by atoms with Crippen molar-refractivity contribution in [3.63, 3.8) is 0 Å². The fourth-order valence-corrected chi connectivity index (χ4v) is 4.14. The maximum absolute atomic E-state index is 12.8. The van der Waals surface area contributed by atoms with Gasteiger partial charge in [-0.3, -0.25) is 4.79 Å². The summed E-state index contributed by atoms with van der Waals surface area (Å²) in [5.41, 5.74) is 0.787. The van der Waals surface area contributed by atoms with Crippen LogP contribution in [0.4, 0.5) is 10.5 Å². The molecule has 1 N–H and O–H groups in total. The number of sulfonamides is 1. The summed E-state index contributed by atoms with van der Waals surface area (Å²) in [6, 6.07) is 4.23. The van der Waals surface area contributed by atoms with Crippen molar-refractivity contribution < 1.29 is 22.7 Å². The van der Waals surface area contributed by atoms with Crippen LogP contribution < -0.4 is 10.2 Å². The van der Waals surface area contributed by atoms with E-state index in [0.717, 1.165) is 5.69 Å². The number of carbonyl (C=O) groups is 2. The van der Waals surface area contributed by atoms with E-state index in [2.05, 4.69) is 5.32 Å². The first kappa shape index (κ1) is 21.2. The highest BCUT2D eigenvalue weighted by Crippen LogP contribution is 2.30. The number of hydrogen-bond acceptors (Lipinski definition) is 5. The Morgan fingerprint density at radius 2 is 2.00 bits per heavy atom. The van der Waals surface area contributed by atoms with E-state index in [4.69, 9.17) is 4.74 Å². The molecule has 1 heterocycles. The van der Waals surface area contributed by atoms with Gasteiger partial charge in [-0.25, -0.2) is 13.2 Å². The maximum Gasteiger partial charge on any atom is 0.407 e. The number of likely N-dealkylation sites (N-methyl/N-ethyl adjacent to an activating group) is 2. The van der Waals surface area contributed by atoms with Crippen LogP contribution in [-0.4, -0.2) is 57.0 Å². The molecule has 0 unspecified atom stereocenters. The third-order valence-electron chi connectivity index (χ3n) is 4.13. The number of carbonyl (C=O) groups excluding carboxylic acids is 2. The largest absolute Gasteiger partial charge is 0.444 e. The molecule has 1 aromatic carbocycles. The fraction of sp³-hybridized carbons (Fsp3) is 0.556. The zero-order valence-corrected chi connectivity index (χ0v) is 17.4. The summed E-state index contributed by atoms with van der Waals surface area (Å²) in [6.07, 6.45) is -0.407. The van der Waals surface area contributed by atoms with Crippen molar-refractivity contribution in [1.29, 1.82) is 0 Å². The average Bonchev–Trinajstić information content (AvgIpc) is 2.79. The molecular weight excluding hydrogens is 370 g/mol. The van der Waals surface area contributed by atoms with Gasteiger partial charge < -0.3 is 15.0 Å². The summed E-state index contributed by atoms with van der Waals surface area (Å²) in [5, 5.41) is 2.63. The summed E-state index contributed by atoms with van der Waals surface area (Å²) in [6.45, 7) is 7.04. The van der Waals surface area contributed by atoms with E-state index in [1.54, 1.807) is 40.8 Å². The van der Waals surface area contributed by atoms with Gasteiger partial charge in [0.2, 0.25) is 15.9 Å². The van der Waals surface area contributed by atoms with Crippen LogP contribution in [0.3, 0.4) is 0 Å². The lowest BCUT2D eigenvalue weighted by Gasteiger charge is -2.25. The average molecular weight is 397 g/mol. The summed E-state index contributed by atoms with van der Waals surface area (Å²) in [5.74, 6) is -0.0666. The number of nitrogens with one attached hydrogen (secondary N) is 1. The minimum atomic E-state index is -3.75. The Balaban J connectivity index is 2.07. The highest BCUT2D eigenvalue weighted by molar-refractivity contribution is 7.89. The Bertz CT molecular complexity index is 845. The Morgan fingerprint density at radius 3 is 2.59 bits per heavy atom. The summed E-state index contributed by atoms with van der Waals surface area (Å²) in [7, 11) is -0.633. The van der Waals surface area contributed by atoms with Gasteiger partial charge in [0, 0.05) is 32.4 Å². The van der Waals surface area contributed by atoms with Crippen LogP contribution in [-0.2, 0) is 26.0 Å². The maximum atomic E-state index is 12.8. The normalized spacial score (nSPS) is 15.7. The van der Waals surface area contributed by atoms with Crippen molar-refractivity contribution >= 4 is 27.7 Å². The van der Waals surface area contributed by atoms with Gasteiger partial charge in [-0.05, 0) is 51.5 Å². The van der Waals surface area contributed by atoms with Crippen molar-refractivity contribution in [3.8, 4) is 0 Å². The van der Waals surface area contributed by atoms with E-state index in [0.29, 0.717) is 5.56 Å². The zero-order chi connectivity index (χ0) is 20.6. The number of hydrogen-bond donors (Lipinski definition) is 1. The predicted octanol–water partition coefficient (Wildman–Crippen LogP) is 1.74. The second-order valence-corrected chi connectivity index (χ2v) is 9.80. The van der Waals surface area contributed by atoms with Crippen LogP contribution in [0.15, 0.2) is 23.1 Å². The smallest absolute Gasteiger partial charge is 0.407 e. The van der Waals surface area contributed by atoms with E-state index in [-0.39, 0.29) is 23.8 Å². The van der Waals surface area contributed by atoms with E-state index in [1.165, 1.54) is 28.4 Å². The minimum absolute atomic E-state index is 0.0666. The Hall–Kier alpha value is -2.13. The molecule has 0 aliphatic carbocycles. The molecule has 0 spiro atoms. The molecule has 2 rings (SSSR count). The second kappa shape index (κ2) is 7.47. The van der Waals surface area contributed by atoms with Gasteiger partial charge in [0.1, 0.15) is 5.60 Å². The Labute approximate surface area is 160 Å². The van der Waals surface area contributed by atoms with Crippen molar-refractivity contribution in [2.75, 3.05) is 25.5 Å². The second-order valence-electron chi connectivity index (χ2n) is 7.75. The number of nitrogens with zero attached hydrogens (tertiary/aromatic N) is 2. The van der Waals surface area contributed by atoms with Gasteiger partial charge >= 0.3 is 6.09 Å². The van der Waals surface area contributed by atoms with Crippen molar-refractivity contribution in [2.24, 2.45) is 0 Å². The molecule has 0 bridgehead atoms. The monoisotopic (exact) mass is 397 g/mol. The van der Waals surface area contributed by atoms with Gasteiger partial charge in [0.25, 0.3) is 0 Å². The molecule has 8 nitrogen and oxygen atoms in total. The quantitative estimate of drug-likeness (QED) is 0.816. The lowest BCUT2D eigenvalue weighted by molar-refractivity contribution is -0.117. The lowest BCUT2D eigenvalue weighted by Crippen LogP contribution is -2.44. The number of fused-ring (bicyclic) bond motifs is 1. The number of ether oxygens (including phenoxy) is 1. The molecule has 1 aliphatic rings. The first-order valence-corrected chi connectivity index (χ1v) is 10.1. The van der Waals surface area contributed by atoms with Gasteiger partial charge in [0.15, 0.2) is 0 Å². The SMILES string of the molecule is C[C@@H](CN(C)S(=O)(=O)c1ccc2c(c1)CC(=O)N2C)NC(=O)OC(C)(C)C. The minimum Gasteiger partial charge on any atom is -0.444 e. The third-order valence-corrected chi connectivity index (χ3v) is 5.95. The molecule has 1 atom stereocenters. The standard InChI is InChI=1S/C18H27N3O5S/c1-12(19-17(23)26-18(2,3)4)11-20(5)27(24,25)14-7-8-15-13(9-14)10-16(22)21(15)6/h7-9,12H,10-11H2,1-6H3,(H,19,23)/t12-/m0/s1. The highest BCUT2D eigenvalue weighted by Gasteiger charge is 2.29. The first-order chi connectivity index (χ1) is 12.3. The van der Waals surface area contributed by atoms with Crippen LogP contribution in [0.1, 0.15) is 33.3 Å². The molecule has 1 aliphatic heterocycles. The van der Waals surface area contributed by atoms with Gasteiger partial charge in [-0.1, -0.05) is 0 Å². The van der Waals surface area contributed by atoms with E-state index in [1.807, 2.05) is 0 Å². The Kier molecular flexibility index (Phi) is 5.86. The Morgan fingerprint density at radius 1 is 1.37 bits per heavy atom. The molecule has 0 saturated heterocycles. The highest BCUT2D eigenvalue weighted by atomic mass is 32.2. The molecular formula is C18H27N3O5S. The number of benzene rings is 1. The predicted molar refractivity (Wildman–Crippen MR) is 102 cm³/mol. The molecule has 9 heteroatoms. The molecule has 0 saturated carbocycles. The number of alkyl carbamates (subject to hydrolysis) is 1. The molecule has 0 fully saturated rings. The van der Waals surface area contributed by atoms with Gasteiger partial charge in [0.05, 0.1) is 11.3 Å². The van der Waals surface area contributed by atoms with Crippen molar-refractivity contribution in [1.82, 2.24) is 9.62 Å². The van der Waals surface area contributed by atoms with Gasteiger partial charge in [-0.2, -0.15) is 4.31 Å². The topological polar surface area (TPSA) is 96.0 Å². The van der Waals surface area contributed by atoms with Crippen LogP contribution in [0.2, 0.25) is 0 Å². The number of rotatable bonds is 5. The zero-order valence-electron chi connectivity index (χ0n) is 16.6. The molecule has 2 amide bonds. The first-order valence-electron chi connectivity index (χ1n) is 8.66. The number of anilines is 1.